The third-order valence-electron chi connectivity index (χ3n) is 5.59. The van der Waals surface area contributed by atoms with Crippen LogP contribution in [-0.2, 0) is 5.41 Å². The van der Waals surface area contributed by atoms with Gasteiger partial charge in [-0.3, -0.25) is 0 Å². The highest BCUT2D eigenvalue weighted by molar-refractivity contribution is 5.65. The summed E-state index contributed by atoms with van der Waals surface area (Å²) < 4.78 is 0. The maximum absolute atomic E-state index is 11.2. The van der Waals surface area contributed by atoms with Crippen molar-refractivity contribution in [3.8, 4) is 5.75 Å². The lowest BCUT2D eigenvalue weighted by Gasteiger charge is -2.35. The van der Waals surface area contributed by atoms with Gasteiger partial charge in [-0.05, 0) is 56.4 Å². The predicted octanol–water partition coefficient (Wildman–Crippen LogP) is 3.16. The van der Waals surface area contributed by atoms with E-state index < -0.39 is 5.41 Å². The maximum atomic E-state index is 11.2. The Morgan fingerprint density at radius 1 is 0.962 bits per heavy atom. The number of nitrogens with one attached hydrogen (secondary N) is 2. The zero-order valence-corrected chi connectivity index (χ0v) is 15.8. The van der Waals surface area contributed by atoms with Gasteiger partial charge in [0.05, 0.1) is 12.4 Å². The minimum absolute atomic E-state index is 0.228. The Kier molecular flexibility index (Phi) is 4.39. The van der Waals surface area contributed by atoms with Crippen LogP contribution in [0.4, 0.5) is 0 Å². The second kappa shape index (κ2) is 6.40. The lowest BCUT2D eigenvalue weighted by Crippen LogP contribution is -2.34. The van der Waals surface area contributed by atoms with Gasteiger partial charge in [0.15, 0.2) is 0 Å². The minimum atomic E-state index is -0.952. The number of H-pyrrole nitrogens is 2. The van der Waals surface area contributed by atoms with Gasteiger partial charge in [0, 0.05) is 5.56 Å². The highest BCUT2D eigenvalue weighted by Gasteiger charge is 2.46. The summed E-state index contributed by atoms with van der Waals surface area (Å²) in [5.41, 5.74) is 5.88. The molecular weight excluding hydrogens is 328 g/mol. The van der Waals surface area contributed by atoms with E-state index in [0.29, 0.717) is 17.8 Å². The number of hydrogen-bond acceptors (Lipinski definition) is 5. The van der Waals surface area contributed by atoms with Crippen LogP contribution in [0, 0.1) is 27.7 Å². The highest BCUT2D eigenvalue weighted by atomic mass is 16.3. The summed E-state index contributed by atoms with van der Waals surface area (Å²) in [5.74, 6) is 0.228. The normalized spacial score (nSPS) is 11.7. The molecule has 0 aliphatic heterocycles. The fourth-order valence-electron chi connectivity index (χ4n) is 3.71. The molecule has 7 heteroatoms. The summed E-state index contributed by atoms with van der Waals surface area (Å²) in [6.07, 6.45) is 3.97. The first-order valence-electron chi connectivity index (χ1n) is 8.57. The zero-order valence-electron chi connectivity index (χ0n) is 15.8. The molecule has 0 aliphatic rings. The van der Waals surface area contributed by atoms with Crippen LogP contribution >= 0.6 is 0 Å². The minimum Gasteiger partial charge on any atom is -0.507 e. The number of aromatic amines is 2. The Labute approximate surface area is 152 Å². The lowest BCUT2D eigenvalue weighted by molar-refractivity contribution is 0.450. The number of phenols is 1. The summed E-state index contributed by atoms with van der Waals surface area (Å²) >= 11 is 0. The Bertz CT molecular complexity index is 878. The number of allylic oxidation sites excluding steroid dienone is 1. The zero-order chi connectivity index (χ0) is 19.1. The van der Waals surface area contributed by atoms with E-state index in [9.17, 15) is 5.11 Å². The summed E-state index contributed by atoms with van der Waals surface area (Å²) in [4.78, 5) is 0. The van der Waals surface area contributed by atoms with E-state index in [1.54, 1.807) is 12.4 Å². The first-order valence-corrected chi connectivity index (χ1v) is 8.57. The van der Waals surface area contributed by atoms with Crippen LogP contribution in [0.3, 0.4) is 0 Å². The van der Waals surface area contributed by atoms with Crippen molar-refractivity contribution in [2.75, 3.05) is 0 Å². The number of hydrogen-bond donors (Lipinski definition) is 3. The van der Waals surface area contributed by atoms with Gasteiger partial charge in [0.25, 0.3) is 0 Å². The summed E-state index contributed by atoms with van der Waals surface area (Å²) in [5, 5.41) is 33.3. The van der Waals surface area contributed by atoms with Crippen molar-refractivity contribution in [3.05, 3.63) is 63.8 Å². The van der Waals surface area contributed by atoms with Crippen molar-refractivity contribution in [1.29, 1.82) is 0 Å². The molecule has 0 atom stereocenters. The molecule has 0 spiro atoms. The lowest BCUT2D eigenvalue weighted by atomic mass is 9.66. The number of nitrogens with zero attached hydrogens (tertiary/aromatic N) is 4. The summed E-state index contributed by atoms with van der Waals surface area (Å²) in [6, 6.07) is 0. The van der Waals surface area contributed by atoms with Crippen molar-refractivity contribution in [3.63, 3.8) is 0 Å². The molecule has 0 saturated heterocycles. The van der Waals surface area contributed by atoms with Gasteiger partial charge in [-0.15, -0.1) is 0 Å². The molecule has 7 nitrogen and oxygen atoms in total. The molecule has 0 fully saturated rings. The molecule has 1 aromatic carbocycles. The van der Waals surface area contributed by atoms with E-state index in [1.165, 1.54) is 0 Å². The fourth-order valence-corrected chi connectivity index (χ4v) is 3.71. The van der Waals surface area contributed by atoms with Crippen LogP contribution in [0.2, 0.25) is 0 Å². The number of rotatable bonds is 5. The smallest absolute Gasteiger partial charge is 0.123 e. The monoisotopic (exact) mass is 352 g/mol. The van der Waals surface area contributed by atoms with Crippen LogP contribution < -0.4 is 0 Å². The van der Waals surface area contributed by atoms with Crippen LogP contribution in [0.1, 0.15) is 52.5 Å². The number of aromatic hydroxyl groups is 1. The van der Waals surface area contributed by atoms with E-state index in [-0.39, 0.29) is 5.75 Å². The van der Waals surface area contributed by atoms with Crippen molar-refractivity contribution in [2.24, 2.45) is 0 Å². The molecule has 0 unspecified atom stereocenters. The first kappa shape index (κ1) is 17.8. The fraction of sp³-hybridized carbons (Fsp3) is 0.368. The Hall–Kier alpha value is -2.96. The van der Waals surface area contributed by atoms with Crippen molar-refractivity contribution in [2.45, 2.75) is 46.5 Å². The van der Waals surface area contributed by atoms with Gasteiger partial charge in [-0.25, -0.2) is 0 Å². The molecule has 0 bridgehead atoms. The molecule has 0 aliphatic carbocycles. The summed E-state index contributed by atoms with van der Waals surface area (Å²) in [6.45, 7) is 14.4. The molecule has 2 aromatic heterocycles. The second-order valence-electron chi connectivity index (χ2n) is 6.64. The molecule has 3 rings (SSSR count). The largest absolute Gasteiger partial charge is 0.507 e. The van der Waals surface area contributed by atoms with Gasteiger partial charge in [0.1, 0.15) is 22.6 Å². The van der Waals surface area contributed by atoms with Gasteiger partial charge < -0.3 is 5.11 Å². The van der Waals surface area contributed by atoms with Crippen LogP contribution in [0.25, 0.3) is 0 Å². The molecule has 2 heterocycles. The number of benzene rings is 1. The average Bonchev–Trinajstić information content (AvgIpc) is 3.35. The highest BCUT2D eigenvalue weighted by Crippen LogP contribution is 2.50. The van der Waals surface area contributed by atoms with Crippen molar-refractivity contribution >= 4 is 0 Å². The number of phenolic OH excluding ortho intramolecular Hbond substituents is 1. The first-order chi connectivity index (χ1) is 12.4. The molecule has 0 radical (unpaired) electrons. The Balaban J connectivity index is 2.54. The quantitative estimate of drug-likeness (QED) is 0.612. The number of aromatic nitrogens is 6. The van der Waals surface area contributed by atoms with Crippen LogP contribution in [-0.4, -0.2) is 35.9 Å². The molecule has 0 amide bonds. The third kappa shape index (κ3) is 2.27. The van der Waals surface area contributed by atoms with E-state index in [4.69, 9.17) is 0 Å². The van der Waals surface area contributed by atoms with E-state index >= 15 is 0 Å². The molecular formula is C19H24N6O. The van der Waals surface area contributed by atoms with E-state index in [0.717, 1.165) is 33.4 Å². The second-order valence-corrected chi connectivity index (χ2v) is 6.64. The van der Waals surface area contributed by atoms with E-state index in [2.05, 4.69) is 44.3 Å². The van der Waals surface area contributed by atoms with Crippen LogP contribution in [0.15, 0.2) is 24.5 Å². The molecule has 3 aromatic rings. The maximum Gasteiger partial charge on any atom is 0.123 e. The molecule has 26 heavy (non-hydrogen) atoms. The molecule has 0 saturated carbocycles. The van der Waals surface area contributed by atoms with Crippen molar-refractivity contribution < 1.29 is 5.11 Å². The SMILES string of the molecule is C=C(CC)C(c1cn[nH]n1)(c1cn[nH]n1)c1c(C)c(C)c(C)c(C)c1O. The molecule has 3 N–H and O–H groups in total. The Morgan fingerprint density at radius 2 is 1.46 bits per heavy atom. The van der Waals surface area contributed by atoms with Crippen LogP contribution in [0.5, 0.6) is 5.75 Å². The average molecular weight is 352 g/mol. The van der Waals surface area contributed by atoms with Gasteiger partial charge in [-0.2, -0.15) is 30.8 Å². The van der Waals surface area contributed by atoms with Crippen molar-refractivity contribution in [1.82, 2.24) is 30.8 Å². The van der Waals surface area contributed by atoms with Gasteiger partial charge in [0.2, 0.25) is 0 Å². The standard InChI is InChI=1S/C19H24N6O/c1-7-10(2)19(15-8-20-24-22-15,16-9-21-25-23-16)17-13(5)11(3)12(4)14(6)18(17)26/h8-9,26H,2,7H2,1,3-6H3,(H,20,22,24)(H,21,23,25). The summed E-state index contributed by atoms with van der Waals surface area (Å²) in [7, 11) is 0. The predicted molar refractivity (Wildman–Crippen MR) is 99.1 cm³/mol. The third-order valence-corrected chi connectivity index (χ3v) is 5.59. The van der Waals surface area contributed by atoms with E-state index in [1.807, 2.05) is 27.7 Å². The molecule has 136 valence electrons. The Morgan fingerprint density at radius 3 is 1.88 bits per heavy atom. The topological polar surface area (TPSA) is 103 Å². The van der Waals surface area contributed by atoms with Gasteiger partial charge in [-0.1, -0.05) is 19.1 Å². The van der Waals surface area contributed by atoms with Gasteiger partial charge >= 0.3 is 0 Å².